The lowest BCUT2D eigenvalue weighted by Gasteiger charge is -2.22. The van der Waals surface area contributed by atoms with E-state index in [2.05, 4.69) is 10.6 Å². The van der Waals surface area contributed by atoms with E-state index in [1.54, 1.807) is 7.11 Å². The number of nitrogens with two attached hydrogens (primary N) is 1. The lowest BCUT2D eigenvalue weighted by molar-refractivity contribution is -0.707. The molecular weight excluding hydrogens is 276 g/mol. The average Bonchev–Trinajstić information content (AvgIpc) is 2.50. The summed E-state index contributed by atoms with van der Waals surface area (Å²) in [6.45, 7) is 1.99. The van der Waals surface area contributed by atoms with E-state index in [1.807, 2.05) is 31.2 Å². The Morgan fingerprint density at radius 2 is 1.82 bits per heavy atom. The number of quaternary nitrogens is 1. The van der Waals surface area contributed by atoms with Crippen molar-refractivity contribution in [2.45, 2.75) is 64.0 Å². The molecule has 1 atom stereocenters. The highest BCUT2D eigenvalue weighted by molar-refractivity contribution is 5.94. The molecule has 0 bridgehead atoms. The zero-order valence-corrected chi connectivity index (χ0v) is 13.8. The second-order valence-corrected chi connectivity index (χ2v) is 6.28. The van der Waals surface area contributed by atoms with Crippen LogP contribution in [0.2, 0.25) is 0 Å². The van der Waals surface area contributed by atoms with Gasteiger partial charge in [-0.3, -0.25) is 4.79 Å². The Labute approximate surface area is 133 Å². The van der Waals surface area contributed by atoms with Gasteiger partial charge < -0.3 is 15.4 Å². The third-order valence-corrected chi connectivity index (χ3v) is 4.49. The van der Waals surface area contributed by atoms with E-state index < -0.39 is 0 Å². The highest BCUT2D eigenvalue weighted by atomic mass is 16.5. The third-order valence-electron chi connectivity index (χ3n) is 4.49. The highest BCUT2D eigenvalue weighted by Gasteiger charge is 2.23. The van der Waals surface area contributed by atoms with E-state index >= 15 is 0 Å². The molecule has 1 saturated carbocycles. The van der Waals surface area contributed by atoms with Gasteiger partial charge in [0.2, 0.25) is 0 Å². The van der Waals surface area contributed by atoms with Gasteiger partial charge in [-0.15, -0.1) is 0 Å². The first-order valence-corrected chi connectivity index (χ1v) is 8.49. The Morgan fingerprint density at radius 1 is 1.18 bits per heavy atom. The zero-order chi connectivity index (χ0) is 15.8. The number of methoxy groups -OCH3 is 1. The average molecular weight is 305 g/mol. The zero-order valence-electron chi connectivity index (χ0n) is 13.8. The summed E-state index contributed by atoms with van der Waals surface area (Å²) in [6, 6.07) is 8.05. The number of ether oxygens (including phenoxy) is 1. The van der Waals surface area contributed by atoms with Crippen molar-refractivity contribution in [3.05, 3.63) is 24.3 Å². The van der Waals surface area contributed by atoms with Crippen LogP contribution < -0.4 is 15.4 Å². The molecule has 1 aromatic rings. The molecule has 0 aliphatic heterocycles. The number of hydrogen-bond donors (Lipinski definition) is 2. The van der Waals surface area contributed by atoms with Gasteiger partial charge in [0.05, 0.1) is 18.8 Å². The number of nitrogens with one attached hydrogen (secondary N) is 1. The summed E-state index contributed by atoms with van der Waals surface area (Å²) >= 11 is 0. The van der Waals surface area contributed by atoms with Crippen molar-refractivity contribution in [1.29, 1.82) is 0 Å². The van der Waals surface area contributed by atoms with Gasteiger partial charge in [-0.05, 0) is 44.7 Å². The third kappa shape index (κ3) is 5.02. The van der Waals surface area contributed by atoms with Gasteiger partial charge in [-0.25, -0.2) is 0 Å². The van der Waals surface area contributed by atoms with E-state index in [-0.39, 0.29) is 11.9 Å². The molecule has 1 fully saturated rings. The molecule has 22 heavy (non-hydrogen) atoms. The second-order valence-electron chi connectivity index (χ2n) is 6.28. The van der Waals surface area contributed by atoms with E-state index in [4.69, 9.17) is 4.74 Å². The summed E-state index contributed by atoms with van der Waals surface area (Å²) in [6.07, 6.45) is 9.09. The van der Waals surface area contributed by atoms with Gasteiger partial charge >= 0.3 is 0 Å². The first-order chi connectivity index (χ1) is 10.7. The monoisotopic (exact) mass is 305 g/mol. The molecule has 122 valence electrons. The number of amides is 1. The van der Waals surface area contributed by atoms with Gasteiger partial charge in [0.25, 0.3) is 5.91 Å². The molecule has 0 radical (unpaired) electrons. The summed E-state index contributed by atoms with van der Waals surface area (Å²) in [4.78, 5) is 12.4. The van der Waals surface area contributed by atoms with Crippen LogP contribution in [0.4, 0.5) is 5.69 Å². The van der Waals surface area contributed by atoms with Gasteiger partial charge in [0, 0.05) is 0 Å². The molecule has 0 unspecified atom stereocenters. The molecule has 4 heteroatoms. The van der Waals surface area contributed by atoms with Crippen LogP contribution in [-0.2, 0) is 4.79 Å². The summed E-state index contributed by atoms with van der Waals surface area (Å²) in [5.41, 5.74) is 0.743. The van der Waals surface area contributed by atoms with Crippen LogP contribution in [0, 0.1) is 0 Å². The Bertz CT molecular complexity index is 468. The van der Waals surface area contributed by atoms with E-state index in [0.717, 1.165) is 5.69 Å². The van der Waals surface area contributed by atoms with Crippen LogP contribution in [0.1, 0.15) is 51.9 Å². The van der Waals surface area contributed by atoms with Gasteiger partial charge in [0.15, 0.2) is 6.04 Å². The molecule has 0 heterocycles. The van der Waals surface area contributed by atoms with Crippen LogP contribution in [-0.4, -0.2) is 25.1 Å². The number of carbonyl (C=O) groups excluding carboxylic acids is 1. The summed E-state index contributed by atoms with van der Waals surface area (Å²) in [7, 11) is 1.62. The van der Waals surface area contributed by atoms with Crippen LogP contribution in [0.3, 0.4) is 0 Å². The van der Waals surface area contributed by atoms with E-state index in [9.17, 15) is 4.79 Å². The Balaban J connectivity index is 1.88. The van der Waals surface area contributed by atoms with Crippen molar-refractivity contribution in [2.24, 2.45) is 0 Å². The molecule has 0 aromatic heterocycles. The van der Waals surface area contributed by atoms with Crippen molar-refractivity contribution in [3.8, 4) is 5.75 Å². The normalized spacial score (nSPS) is 18.1. The minimum absolute atomic E-state index is 0.0477. The van der Waals surface area contributed by atoms with Gasteiger partial charge in [-0.1, -0.05) is 31.4 Å². The molecule has 1 aliphatic carbocycles. The number of anilines is 1. The van der Waals surface area contributed by atoms with Crippen LogP contribution in [0.5, 0.6) is 5.75 Å². The predicted octanol–water partition coefficient (Wildman–Crippen LogP) is 2.70. The predicted molar refractivity (Wildman–Crippen MR) is 89.1 cm³/mol. The maximum absolute atomic E-state index is 12.4. The Kier molecular flexibility index (Phi) is 6.72. The molecule has 0 saturated heterocycles. The van der Waals surface area contributed by atoms with Crippen molar-refractivity contribution < 1.29 is 14.8 Å². The Morgan fingerprint density at radius 3 is 2.50 bits per heavy atom. The minimum atomic E-state index is -0.0747. The molecule has 1 aromatic carbocycles. The first-order valence-electron chi connectivity index (χ1n) is 8.49. The lowest BCUT2D eigenvalue weighted by atomic mass is 9.96. The van der Waals surface area contributed by atoms with Gasteiger partial charge in [0.1, 0.15) is 5.75 Å². The Hall–Kier alpha value is -1.55. The molecule has 2 rings (SSSR count). The van der Waals surface area contributed by atoms with E-state index in [0.29, 0.717) is 11.8 Å². The minimum Gasteiger partial charge on any atom is -0.495 e. The first kappa shape index (κ1) is 16.8. The van der Waals surface area contributed by atoms with Crippen molar-refractivity contribution in [2.75, 3.05) is 12.4 Å². The standard InChI is InChI=1S/C18H28N2O2/c1-14(19-15-10-6-4-3-5-7-11-15)18(21)20-16-12-8-9-13-17(16)22-2/h8-9,12-15,19H,3-7,10-11H2,1-2H3,(H,20,21)/p+1/t14-/m0/s1. The van der Waals surface area contributed by atoms with Crippen molar-refractivity contribution >= 4 is 11.6 Å². The molecule has 0 spiro atoms. The van der Waals surface area contributed by atoms with Crippen molar-refractivity contribution in [3.63, 3.8) is 0 Å². The van der Waals surface area contributed by atoms with Crippen LogP contribution in [0.15, 0.2) is 24.3 Å². The molecule has 1 amide bonds. The van der Waals surface area contributed by atoms with Crippen molar-refractivity contribution in [1.82, 2.24) is 0 Å². The fourth-order valence-electron chi connectivity index (χ4n) is 3.17. The number of hydrogen-bond acceptors (Lipinski definition) is 2. The summed E-state index contributed by atoms with van der Waals surface area (Å²) < 4.78 is 5.28. The summed E-state index contributed by atoms with van der Waals surface area (Å²) in [5, 5.41) is 5.23. The lowest BCUT2D eigenvalue weighted by Crippen LogP contribution is -2.96. The second kappa shape index (κ2) is 8.79. The number of rotatable bonds is 5. The number of benzene rings is 1. The highest BCUT2D eigenvalue weighted by Crippen LogP contribution is 2.23. The van der Waals surface area contributed by atoms with Crippen LogP contribution in [0.25, 0.3) is 0 Å². The SMILES string of the molecule is COc1ccccc1NC(=O)[C@H](C)[NH2+]C1CCCCCCC1. The molecule has 1 aliphatic rings. The van der Waals surface area contributed by atoms with E-state index in [1.165, 1.54) is 44.9 Å². The molecule has 3 N–H and O–H groups in total. The topological polar surface area (TPSA) is 54.9 Å². The molecule has 4 nitrogen and oxygen atoms in total. The summed E-state index contributed by atoms with van der Waals surface area (Å²) in [5.74, 6) is 0.751. The fourth-order valence-corrected chi connectivity index (χ4v) is 3.17. The maximum atomic E-state index is 12.4. The largest absolute Gasteiger partial charge is 0.495 e. The number of carbonyl (C=O) groups is 1. The fraction of sp³-hybridized carbons (Fsp3) is 0.611. The quantitative estimate of drug-likeness (QED) is 0.879. The van der Waals surface area contributed by atoms with Gasteiger partial charge in [-0.2, -0.15) is 0 Å². The molecular formula is C18H29N2O2+. The smallest absolute Gasteiger partial charge is 0.282 e. The number of para-hydroxylation sites is 2. The maximum Gasteiger partial charge on any atom is 0.282 e. The van der Waals surface area contributed by atoms with Crippen LogP contribution >= 0.6 is 0 Å².